The van der Waals surface area contributed by atoms with E-state index in [-0.39, 0.29) is 12.2 Å². The van der Waals surface area contributed by atoms with Gasteiger partial charge in [-0.15, -0.1) is 0 Å². The quantitative estimate of drug-likeness (QED) is 0.749. The topological polar surface area (TPSA) is 54.6 Å². The van der Waals surface area contributed by atoms with Gasteiger partial charge in [-0.1, -0.05) is 29.8 Å². The van der Waals surface area contributed by atoms with E-state index in [9.17, 15) is 9.90 Å². The molecule has 3 aromatic rings. The maximum atomic E-state index is 12.5. The molecule has 1 atom stereocenters. The van der Waals surface area contributed by atoms with Crippen molar-refractivity contribution >= 4 is 23.0 Å². The largest absolute Gasteiger partial charge is 0.388 e. The summed E-state index contributed by atoms with van der Waals surface area (Å²) >= 11 is 5.83. The van der Waals surface area contributed by atoms with Gasteiger partial charge < -0.3 is 5.11 Å². The first-order chi connectivity index (χ1) is 10.6. The Hall–Kier alpha value is -2.17. The number of imidazole rings is 1. The zero-order valence-corrected chi connectivity index (χ0v) is 12.8. The van der Waals surface area contributed by atoms with Gasteiger partial charge in [0.25, 0.3) is 0 Å². The molecule has 2 heterocycles. The number of Topliss-reactive ketones (excluding diaryl/α,β-unsaturated/α-hetero) is 1. The van der Waals surface area contributed by atoms with Crippen LogP contribution in [0.15, 0.2) is 48.7 Å². The lowest BCUT2D eigenvalue weighted by Gasteiger charge is -2.10. The Morgan fingerprint density at radius 1 is 1.27 bits per heavy atom. The molecule has 1 unspecified atom stereocenters. The van der Waals surface area contributed by atoms with Gasteiger partial charge in [0.1, 0.15) is 11.3 Å². The number of aliphatic hydroxyl groups excluding tert-OH is 1. The van der Waals surface area contributed by atoms with Crippen molar-refractivity contribution in [1.29, 1.82) is 0 Å². The van der Waals surface area contributed by atoms with E-state index in [1.807, 2.05) is 18.2 Å². The molecule has 0 radical (unpaired) electrons. The number of ketones is 1. The smallest absolute Gasteiger partial charge is 0.184 e. The predicted molar refractivity (Wildman–Crippen MR) is 85.3 cm³/mol. The minimum absolute atomic E-state index is 0.00512. The zero-order chi connectivity index (χ0) is 15.7. The molecule has 1 N–H and O–H groups in total. The summed E-state index contributed by atoms with van der Waals surface area (Å²) in [5, 5.41) is 10.8. The number of nitrogens with zero attached hydrogens (tertiary/aromatic N) is 2. The van der Waals surface area contributed by atoms with Gasteiger partial charge in [0.05, 0.1) is 11.8 Å². The second kappa shape index (κ2) is 5.91. The van der Waals surface area contributed by atoms with Crippen LogP contribution in [0.4, 0.5) is 0 Å². The Bertz CT molecular complexity index is 824. The van der Waals surface area contributed by atoms with Crippen LogP contribution in [0.25, 0.3) is 5.65 Å². The van der Waals surface area contributed by atoms with Crippen molar-refractivity contribution in [2.24, 2.45) is 0 Å². The molecule has 0 aliphatic heterocycles. The van der Waals surface area contributed by atoms with E-state index in [0.29, 0.717) is 22.0 Å². The molecule has 0 aliphatic rings. The highest BCUT2D eigenvalue weighted by atomic mass is 35.5. The summed E-state index contributed by atoms with van der Waals surface area (Å²) in [5.74, 6) is -0.140. The van der Waals surface area contributed by atoms with E-state index in [1.54, 1.807) is 41.8 Å². The number of benzene rings is 1. The van der Waals surface area contributed by atoms with Crippen molar-refractivity contribution in [3.8, 4) is 0 Å². The number of rotatable bonds is 4. The molecule has 0 saturated heterocycles. The maximum absolute atomic E-state index is 12.5. The summed E-state index contributed by atoms with van der Waals surface area (Å²) in [7, 11) is 0. The van der Waals surface area contributed by atoms with E-state index in [0.717, 1.165) is 5.65 Å². The number of hydrogen-bond acceptors (Lipinski definition) is 3. The molecule has 3 rings (SSSR count). The third-order valence-electron chi connectivity index (χ3n) is 3.60. The summed E-state index contributed by atoms with van der Waals surface area (Å²) in [4.78, 5) is 16.9. The summed E-state index contributed by atoms with van der Waals surface area (Å²) in [6.45, 7) is 1.80. The predicted octanol–water partition coefficient (Wildman–Crippen LogP) is 3.60. The lowest BCUT2D eigenvalue weighted by molar-refractivity contribution is 0.0874. The van der Waals surface area contributed by atoms with E-state index in [1.165, 1.54) is 0 Å². The molecule has 0 aliphatic carbocycles. The van der Waals surface area contributed by atoms with Crippen LogP contribution in [0.5, 0.6) is 0 Å². The normalized spacial score (nSPS) is 12.5. The number of pyridine rings is 1. The highest BCUT2D eigenvalue weighted by Gasteiger charge is 2.20. The van der Waals surface area contributed by atoms with Crippen LogP contribution in [-0.2, 0) is 0 Å². The summed E-state index contributed by atoms with van der Waals surface area (Å²) < 4.78 is 1.76. The Morgan fingerprint density at radius 3 is 2.73 bits per heavy atom. The number of carbonyl (C=O) groups is 1. The van der Waals surface area contributed by atoms with Crippen LogP contribution in [-0.4, -0.2) is 20.3 Å². The van der Waals surface area contributed by atoms with Gasteiger partial charge in [-0.3, -0.25) is 9.20 Å². The number of halogens is 1. The van der Waals surface area contributed by atoms with Crippen LogP contribution in [0.1, 0.15) is 34.3 Å². The standard InChI is InChI=1S/C17H15ClN2O2/c1-11-17(20-9-3-2-4-16(20)19-11)15(22)10-14(21)12-5-7-13(18)8-6-12/h2-9,14,21H,10H2,1H3. The minimum Gasteiger partial charge on any atom is -0.388 e. The van der Waals surface area contributed by atoms with Crippen molar-refractivity contribution < 1.29 is 9.90 Å². The molecule has 4 nitrogen and oxygen atoms in total. The monoisotopic (exact) mass is 314 g/mol. The Balaban J connectivity index is 1.87. The molecule has 0 bridgehead atoms. The van der Waals surface area contributed by atoms with Crippen LogP contribution >= 0.6 is 11.6 Å². The first-order valence-corrected chi connectivity index (χ1v) is 7.34. The second-order valence-corrected chi connectivity index (χ2v) is 5.61. The second-order valence-electron chi connectivity index (χ2n) is 5.17. The third-order valence-corrected chi connectivity index (χ3v) is 3.85. The number of fused-ring (bicyclic) bond motifs is 1. The molecule has 2 aromatic heterocycles. The van der Waals surface area contributed by atoms with Crippen molar-refractivity contribution in [3.05, 3.63) is 70.6 Å². The molecule has 0 saturated carbocycles. The molecule has 0 spiro atoms. The molecule has 0 fully saturated rings. The fourth-order valence-electron chi connectivity index (χ4n) is 2.52. The van der Waals surface area contributed by atoms with E-state index in [2.05, 4.69) is 4.98 Å². The van der Waals surface area contributed by atoms with E-state index < -0.39 is 6.10 Å². The zero-order valence-electron chi connectivity index (χ0n) is 12.0. The van der Waals surface area contributed by atoms with Crippen LogP contribution in [0.2, 0.25) is 5.02 Å². The average molecular weight is 315 g/mol. The van der Waals surface area contributed by atoms with Crippen LogP contribution in [0.3, 0.4) is 0 Å². The first-order valence-electron chi connectivity index (χ1n) is 6.96. The average Bonchev–Trinajstić information content (AvgIpc) is 2.83. The van der Waals surface area contributed by atoms with Crippen molar-refractivity contribution in [1.82, 2.24) is 9.38 Å². The van der Waals surface area contributed by atoms with Crippen molar-refractivity contribution in [2.45, 2.75) is 19.4 Å². The van der Waals surface area contributed by atoms with Gasteiger partial charge in [-0.05, 0) is 36.8 Å². The summed E-state index contributed by atoms with van der Waals surface area (Å²) in [6.07, 6.45) is 0.945. The van der Waals surface area contributed by atoms with Gasteiger partial charge in [0.2, 0.25) is 0 Å². The third kappa shape index (κ3) is 2.75. The van der Waals surface area contributed by atoms with Crippen LogP contribution in [0, 0.1) is 6.92 Å². The molecular formula is C17H15ClN2O2. The number of hydrogen-bond donors (Lipinski definition) is 1. The highest BCUT2D eigenvalue weighted by molar-refractivity contribution is 6.30. The van der Waals surface area contributed by atoms with Gasteiger partial charge in [-0.25, -0.2) is 4.98 Å². The van der Waals surface area contributed by atoms with Gasteiger partial charge in [-0.2, -0.15) is 0 Å². The SMILES string of the molecule is Cc1nc2ccccn2c1C(=O)CC(O)c1ccc(Cl)cc1. The molecule has 22 heavy (non-hydrogen) atoms. The first kappa shape index (κ1) is 14.8. The molecule has 0 amide bonds. The number of carbonyl (C=O) groups excluding carboxylic acids is 1. The lowest BCUT2D eigenvalue weighted by atomic mass is 10.0. The minimum atomic E-state index is -0.863. The Morgan fingerprint density at radius 2 is 2.00 bits per heavy atom. The molecule has 112 valence electrons. The molecule has 5 heteroatoms. The molecular weight excluding hydrogens is 300 g/mol. The van der Waals surface area contributed by atoms with Crippen LogP contribution < -0.4 is 0 Å². The summed E-state index contributed by atoms with van der Waals surface area (Å²) in [6, 6.07) is 12.4. The number of aryl methyl sites for hydroxylation is 1. The van der Waals surface area contributed by atoms with E-state index >= 15 is 0 Å². The van der Waals surface area contributed by atoms with Crippen molar-refractivity contribution in [2.75, 3.05) is 0 Å². The number of aliphatic hydroxyl groups is 1. The lowest BCUT2D eigenvalue weighted by Crippen LogP contribution is -2.10. The fraction of sp³-hybridized carbons (Fsp3) is 0.176. The highest BCUT2D eigenvalue weighted by Crippen LogP contribution is 2.22. The maximum Gasteiger partial charge on any atom is 0.184 e. The summed E-state index contributed by atoms with van der Waals surface area (Å²) in [5.41, 5.74) is 2.58. The molecule has 1 aromatic carbocycles. The fourth-order valence-corrected chi connectivity index (χ4v) is 2.65. The Labute approximate surface area is 133 Å². The van der Waals surface area contributed by atoms with Gasteiger partial charge in [0.15, 0.2) is 5.78 Å². The van der Waals surface area contributed by atoms with E-state index in [4.69, 9.17) is 11.6 Å². The number of aromatic nitrogens is 2. The van der Waals surface area contributed by atoms with Gasteiger partial charge >= 0.3 is 0 Å². The Kier molecular flexibility index (Phi) is 3.96. The van der Waals surface area contributed by atoms with Gasteiger partial charge in [0, 0.05) is 17.6 Å². The van der Waals surface area contributed by atoms with Crippen molar-refractivity contribution in [3.63, 3.8) is 0 Å².